The molecule has 0 saturated heterocycles. The number of Topliss-reactive ketones (excluding diaryl/α,β-unsaturated/α-hetero) is 1. The van der Waals surface area contributed by atoms with E-state index in [1.54, 1.807) is 37.7 Å². The highest BCUT2D eigenvalue weighted by Crippen LogP contribution is 2.24. The summed E-state index contributed by atoms with van der Waals surface area (Å²) in [6.45, 7) is 3.09. The molecule has 0 unspecified atom stereocenters. The Morgan fingerprint density at radius 2 is 2.14 bits per heavy atom. The van der Waals surface area contributed by atoms with Crippen molar-refractivity contribution in [2.45, 2.75) is 23.9 Å². The van der Waals surface area contributed by atoms with Crippen LogP contribution in [0.15, 0.2) is 35.7 Å². The first kappa shape index (κ1) is 16.0. The number of ketones is 1. The summed E-state index contributed by atoms with van der Waals surface area (Å²) >= 11 is 7.22. The van der Waals surface area contributed by atoms with E-state index in [4.69, 9.17) is 16.3 Å². The lowest BCUT2D eigenvalue weighted by Crippen LogP contribution is -2.15. The van der Waals surface area contributed by atoms with E-state index in [1.165, 1.54) is 11.8 Å². The molecule has 0 aliphatic carbocycles. The van der Waals surface area contributed by atoms with E-state index >= 15 is 0 Å². The molecule has 0 bridgehead atoms. The summed E-state index contributed by atoms with van der Waals surface area (Å²) in [6, 6.07) is 6.90. The van der Waals surface area contributed by atoms with Crippen LogP contribution in [0.5, 0.6) is 0 Å². The molecule has 0 fully saturated rings. The summed E-state index contributed by atoms with van der Waals surface area (Å²) in [7, 11) is 1.64. The van der Waals surface area contributed by atoms with Crippen LogP contribution < -0.4 is 0 Å². The summed E-state index contributed by atoms with van der Waals surface area (Å²) < 4.78 is 6.91. The van der Waals surface area contributed by atoms with Gasteiger partial charge in [0.15, 0.2) is 10.9 Å². The molecule has 1 aromatic carbocycles. The van der Waals surface area contributed by atoms with Crippen molar-refractivity contribution in [2.75, 3.05) is 13.7 Å². The first-order chi connectivity index (χ1) is 10.1. The summed E-state index contributed by atoms with van der Waals surface area (Å²) in [6.07, 6.45) is 1.64. The topological polar surface area (TPSA) is 57.0 Å². The molecule has 0 aliphatic rings. The van der Waals surface area contributed by atoms with Gasteiger partial charge in [0.05, 0.1) is 11.9 Å². The van der Waals surface area contributed by atoms with Gasteiger partial charge >= 0.3 is 0 Å². The maximum absolute atomic E-state index is 12.4. The van der Waals surface area contributed by atoms with Gasteiger partial charge in [-0.25, -0.2) is 0 Å². The van der Waals surface area contributed by atoms with E-state index in [1.807, 2.05) is 11.5 Å². The molecule has 1 heterocycles. The average molecular weight is 326 g/mol. The van der Waals surface area contributed by atoms with Crippen molar-refractivity contribution >= 4 is 29.1 Å². The quantitative estimate of drug-likeness (QED) is 0.578. The Kier molecular flexibility index (Phi) is 5.78. The van der Waals surface area contributed by atoms with Crippen molar-refractivity contribution in [1.29, 1.82) is 0 Å². The number of nitrogens with zero attached hydrogens (tertiary/aromatic N) is 3. The Balaban J connectivity index is 2.03. The van der Waals surface area contributed by atoms with Crippen LogP contribution >= 0.6 is 23.4 Å². The molecule has 0 amide bonds. The number of hydrogen-bond donors (Lipinski definition) is 0. The van der Waals surface area contributed by atoms with Gasteiger partial charge in [-0.3, -0.25) is 4.79 Å². The molecule has 2 aromatic rings. The van der Waals surface area contributed by atoms with Crippen molar-refractivity contribution in [3.8, 4) is 0 Å². The molecule has 0 spiro atoms. The van der Waals surface area contributed by atoms with Crippen molar-refractivity contribution in [2.24, 2.45) is 0 Å². The van der Waals surface area contributed by atoms with E-state index < -0.39 is 0 Å². The maximum atomic E-state index is 12.4. The van der Waals surface area contributed by atoms with Gasteiger partial charge in [-0.1, -0.05) is 23.4 Å². The van der Waals surface area contributed by atoms with Crippen LogP contribution in [0.1, 0.15) is 17.3 Å². The number of ether oxygens (including phenoxy) is 1. The largest absolute Gasteiger partial charge is 0.383 e. The number of methoxy groups -OCH3 is 1. The minimum Gasteiger partial charge on any atom is -0.383 e. The molecular weight excluding hydrogens is 310 g/mol. The van der Waals surface area contributed by atoms with Crippen LogP contribution in [-0.4, -0.2) is 39.5 Å². The Morgan fingerprint density at radius 3 is 2.81 bits per heavy atom. The third-order valence-corrected chi connectivity index (χ3v) is 4.24. The van der Waals surface area contributed by atoms with E-state index in [0.29, 0.717) is 28.9 Å². The van der Waals surface area contributed by atoms with Crippen LogP contribution in [0.3, 0.4) is 0 Å². The van der Waals surface area contributed by atoms with E-state index in [0.717, 1.165) is 0 Å². The van der Waals surface area contributed by atoms with Crippen LogP contribution in [0.2, 0.25) is 5.02 Å². The lowest BCUT2D eigenvalue weighted by molar-refractivity contribution is 0.0994. The first-order valence-corrected chi connectivity index (χ1v) is 7.70. The zero-order valence-corrected chi connectivity index (χ0v) is 13.4. The Labute approximate surface area is 132 Å². The van der Waals surface area contributed by atoms with Crippen LogP contribution in [0.4, 0.5) is 0 Å². The van der Waals surface area contributed by atoms with Gasteiger partial charge in [0, 0.05) is 24.2 Å². The van der Waals surface area contributed by atoms with E-state index in [9.17, 15) is 4.79 Å². The van der Waals surface area contributed by atoms with E-state index in [-0.39, 0.29) is 11.0 Å². The molecular formula is C14H16ClN3O2S. The molecule has 0 radical (unpaired) electrons. The smallest absolute Gasteiger partial charge is 0.191 e. The molecule has 0 aliphatic heterocycles. The number of thioether (sulfide) groups is 1. The Morgan fingerprint density at radius 1 is 1.43 bits per heavy atom. The third kappa shape index (κ3) is 4.30. The van der Waals surface area contributed by atoms with Crippen molar-refractivity contribution in [3.05, 3.63) is 41.2 Å². The third-order valence-electron chi connectivity index (χ3n) is 2.90. The molecule has 1 aromatic heterocycles. The molecule has 7 heteroatoms. The fraction of sp³-hybridized carbons (Fsp3) is 0.357. The standard InChI is InChI=1S/C14H16ClN3O2S/c1-10(13(19)11-3-5-12(15)6-4-11)21-14-17-16-9-18(14)7-8-20-2/h3-6,9-10H,7-8H2,1-2H3/t10-/m0/s1. The van der Waals surface area contributed by atoms with Crippen molar-refractivity contribution in [1.82, 2.24) is 14.8 Å². The molecule has 21 heavy (non-hydrogen) atoms. The second-order valence-electron chi connectivity index (χ2n) is 4.43. The number of carbonyl (C=O) groups is 1. The molecule has 0 N–H and O–H groups in total. The second kappa shape index (κ2) is 7.59. The van der Waals surface area contributed by atoms with E-state index in [2.05, 4.69) is 10.2 Å². The summed E-state index contributed by atoms with van der Waals surface area (Å²) in [5.41, 5.74) is 0.641. The predicted octanol–water partition coefficient (Wildman–Crippen LogP) is 2.94. The van der Waals surface area contributed by atoms with Crippen molar-refractivity contribution in [3.63, 3.8) is 0 Å². The first-order valence-electron chi connectivity index (χ1n) is 6.45. The fourth-order valence-electron chi connectivity index (χ4n) is 1.74. The summed E-state index contributed by atoms with van der Waals surface area (Å²) in [5, 5.41) is 9.00. The lowest BCUT2D eigenvalue weighted by atomic mass is 10.1. The highest BCUT2D eigenvalue weighted by atomic mass is 35.5. The van der Waals surface area contributed by atoms with Gasteiger partial charge in [-0.15, -0.1) is 10.2 Å². The average Bonchev–Trinajstić information content (AvgIpc) is 2.92. The second-order valence-corrected chi connectivity index (χ2v) is 6.18. The SMILES string of the molecule is COCCn1cnnc1S[C@@H](C)C(=O)c1ccc(Cl)cc1. The van der Waals surface area contributed by atoms with Gasteiger partial charge in [-0.2, -0.15) is 0 Å². The van der Waals surface area contributed by atoms with Gasteiger partial charge < -0.3 is 9.30 Å². The normalized spacial score (nSPS) is 12.3. The van der Waals surface area contributed by atoms with Gasteiger partial charge in [-0.05, 0) is 31.2 Å². The number of aromatic nitrogens is 3. The maximum Gasteiger partial charge on any atom is 0.191 e. The number of benzene rings is 1. The lowest BCUT2D eigenvalue weighted by Gasteiger charge is -2.11. The number of rotatable bonds is 7. The molecule has 5 nitrogen and oxygen atoms in total. The Bertz CT molecular complexity index is 601. The van der Waals surface area contributed by atoms with Crippen molar-refractivity contribution < 1.29 is 9.53 Å². The predicted molar refractivity (Wildman–Crippen MR) is 83.0 cm³/mol. The van der Waals surface area contributed by atoms with Gasteiger partial charge in [0.1, 0.15) is 6.33 Å². The fourth-order valence-corrected chi connectivity index (χ4v) is 2.79. The molecule has 2 rings (SSSR count). The Hall–Kier alpha value is -1.37. The zero-order valence-electron chi connectivity index (χ0n) is 11.8. The molecule has 112 valence electrons. The van der Waals surface area contributed by atoms with Gasteiger partial charge in [0.25, 0.3) is 0 Å². The summed E-state index contributed by atoms with van der Waals surface area (Å²) in [4.78, 5) is 12.4. The summed E-state index contributed by atoms with van der Waals surface area (Å²) in [5.74, 6) is 0.0398. The highest BCUT2D eigenvalue weighted by molar-refractivity contribution is 8.00. The zero-order chi connectivity index (χ0) is 15.2. The van der Waals surface area contributed by atoms with Crippen LogP contribution in [0, 0.1) is 0 Å². The monoisotopic (exact) mass is 325 g/mol. The van der Waals surface area contributed by atoms with Gasteiger partial charge in [0.2, 0.25) is 0 Å². The number of halogens is 1. The molecule has 1 atom stereocenters. The van der Waals surface area contributed by atoms with Crippen LogP contribution in [-0.2, 0) is 11.3 Å². The number of hydrogen-bond acceptors (Lipinski definition) is 5. The van der Waals surface area contributed by atoms with Crippen LogP contribution in [0.25, 0.3) is 0 Å². The number of carbonyl (C=O) groups excluding carboxylic acids is 1. The molecule has 0 saturated carbocycles. The minimum absolute atomic E-state index is 0.0398. The minimum atomic E-state index is -0.253. The highest BCUT2D eigenvalue weighted by Gasteiger charge is 2.19.